The van der Waals surface area contributed by atoms with Crippen molar-refractivity contribution >= 4 is 12.1 Å². The quantitative estimate of drug-likeness (QED) is 0.647. The molecule has 3 nitrogen and oxygen atoms in total. The van der Waals surface area contributed by atoms with Gasteiger partial charge in [0.2, 0.25) is 5.78 Å². The van der Waals surface area contributed by atoms with Gasteiger partial charge in [-0.3, -0.25) is 9.59 Å². The fourth-order valence-electron chi connectivity index (χ4n) is 1.65. The molecule has 0 aliphatic carbocycles. The average molecular weight is 227 g/mol. The minimum atomic E-state index is -0.0961. The molecule has 1 heterocycles. The molecular weight excluding hydrogens is 214 g/mol. The van der Waals surface area contributed by atoms with Gasteiger partial charge in [0.25, 0.3) is 0 Å². The molecule has 1 N–H and O–H groups in total. The summed E-state index contributed by atoms with van der Waals surface area (Å²) in [7, 11) is 0. The van der Waals surface area contributed by atoms with Gasteiger partial charge >= 0.3 is 0 Å². The summed E-state index contributed by atoms with van der Waals surface area (Å²) in [5.74, 6) is -0.0961. The maximum Gasteiger partial charge on any atom is 0.209 e. The van der Waals surface area contributed by atoms with E-state index in [4.69, 9.17) is 0 Å². The Balaban J connectivity index is 2.36. The summed E-state index contributed by atoms with van der Waals surface area (Å²) in [6.45, 7) is 3.97. The van der Waals surface area contributed by atoms with Gasteiger partial charge in [0.05, 0.1) is 11.4 Å². The van der Waals surface area contributed by atoms with Gasteiger partial charge in [0.15, 0.2) is 6.29 Å². The molecule has 17 heavy (non-hydrogen) atoms. The number of hydrogen-bond donors (Lipinski definition) is 1. The first-order valence-electron chi connectivity index (χ1n) is 5.38. The molecule has 0 fully saturated rings. The van der Waals surface area contributed by atoms with Gasteiger partial charge in [-0.1, -0.05) is 12.1 Å². The number of carbonyl (C=O) groups is 2. The van der Waals surface area contributed by atoms with Gasteiger partial charge < -0.3 is 4.98 Å². The molecule has 0 amide bonds. The van der Waals surface area contributed by atoms with E-state index in [1.807, 2.05) is 26.0 Å². The van der Waals surface area contributed by atoms with Crippen LogP contribution < -0.4 is 0 Å². The molecule has 0 aliphatic rings. The van der Waals surface area contributed by atoms with Crippen molar-refractivity contribution in [1.82, 2.24) is 4.98 Å². The third-order valence-electron chi connectivity index (χ3n) is 2.85. The van der Waals surface area contributed by atoms with Crippen molar-refractivity contribution in [3.63, 3.8) is 0 Å². The molecule has 2 rings (SSSR count). The summed E-state index contributed by atoms with van der Waals surface area (Å²) < 4.78 is 0. The number of benzene rings is 1. The van der Waals surface area contributed by atoms with Crippen molar-refractivity contribution in [3.05, 3.63) is 58.4 Å². The molecule has 1 aromatic carbocycles. The first-order chi connectivity index (χ1) is 8.11. The normalized spacial score (nSPS) is 10.2. The van der Waals surface area contributed by atoms with Crippen LogP contribution in [0.1, 0.15) is 37.7 Å². The Kier molecular flexibility index (Phi) is 2.91. The summed E-state index contributed by atoms with van der Waals surface area (Å²) in [4.78, 5) is 25.4. The van der Waals surface area contributed by atoms with Crippen molar-refractivity contribution in [2.75, 3.05) is 0 Å². The van der Waals surface area contributed by atoms with Crippen LogP contribution in [0.5, 0.6) is 0 Å². The zero-order chi connectivity index (χ0) is 12.4. The zero-order valence-electron chi connectivity index (χ0n) is 9.78. The van der Waals surface area contributed by atoms with Crippen LogP contribution in [0.3, 0.4) is 0 Å². The maximum absolute atomic E-state index is 12.1. The lowest BCUT2D eigenvalue weighted by Gasteiger charge is -2.03. The monoisotopic (exact) mass is 227 g/mol. The molecule has 0 radical (unpaired) electrons. The van der Waals surface area contributed by atoms with E-state index < -0.39 is 0 Å². The molecule has 3 heteroatoms. The summed E-state index contributed by atoms with van der Waals surface area (Å²) in [5, 5.41) is 0. The largest absolute Gasteiger partial charge is 0.350 e. The van der Waals surface area contributed by atoms with Crippen molar-refractivity contribution < 1.29 is 9.59 Å². The molecule has 2 aromatic rings. The zero-order valence-corrected chi connectivity index (χ0v) is 9.78. The van der Waals surface area contributed by atoms with E-state index in [0.29, 0.717) is 23.2 Å². The second kappa shape index (κ2) is 4.37. The minimum Gasteiger partial charge on any atom is -0.350 e. The number of aromatic nitrogens is 1. The minimum absolute atomic E-state index is 0.0961. The van der Waals surface area contributed by atoms with Crippen LogP contribution in [0.15, 0.2) is 30.3 Å². The predicted octanol–water partition coefficient (Wildman–Crippen LogP) is 2.68. The van der Waals surface area contributed by atoms with Crippen molar-refractivity contribution in [3.8, 4) is 0 Å². The Hall–Kier alpha value is -2.16. The highest BCUT2D eigenvalue weighted by molar-refractivity contribution is 6.08. The third-order valence-corrected chi connectivity index (χ3v) is 2.85. The third kappa shape index (κ3) is 2.18. The van der Waals surface area contributed by atoms with Crippen molar-refractivity contribution in [1.29, 1.82) is 0 Å². The Labute approximate surface area is 99.5 Å². The SMILES string of the molecule is Cc1ccc(C(=O)c2ccc(C=O)[nH]2)cc1C. The Bertz CT molecular complexity index is 582. The van der Waals surface area contributed by atoms with Crippen molar-refractivity contribution in [2.45, 2.75) is 13.8 Å². The molecule has 0 unspecified atom stereocenters. The number of carbonyl (C=O) groups excluding carboxylic acids is 2. The highest BCUT2D eigenvalue weighted by atomic mass is 16.1. The molecule has 0 atom stereocenters. The van der Waals surface area contributed by atoms with Gasteiger partial charge in [-0.15, -0.1) is 0 Å². The molecule has 0 saturated heterocycles. The van der Waals surface area contributed by atoms with Crippen LogP contribution in [0.4, 0.5) is 0 Å². The topological polar surface area (TPSA) is 49.9 Å². The van der Waals surface area contributed by atoms with Gasteiger partial charge in [0.1, 0.15) is 0 Å². The predicted molar refractivity (Wildman–Crippen MR) is 65.5 cm³/mol. The molecule has 86 valence electrons. The van der Waals surface area contributed by atoms with Crippen molar-refractivity contribution in [2.24, 2.45) is 0 Å². The van der Waals surface area contributed by atoms with Crippen LogP contribution in [0.2, 0.25) is 0 Å². The van der Waals surface area contributed by atoms with E-state index in [-0.39, 0.29) is 5.78 Å². The summed E-state index contributed by atoms with van der Waals surface area (Å²) >= 11 is 0. The van der Waals surface area contributed by atoms with Crippen LogP contribution in [0, 0.1) is 13.8 Å². The first kappa shape index (κ1) is 11.3. The first-order valence-corrected chi connectivity index (χ1v) is 5.38. The summed E-state index contributed by atoms with van der Waals surface area (Å²) in [5.41, 5.74) is 3.72. The standard InChI is InChI=1S/C14H13NO2/c1-9-3-4-11(7-10(9)2)14(17)13-6-5-12(8-16)15-13/h3-8,15H,1-2H3. The number of aromatic amines is 1. The van der Waals surface area contributed by atoms with E-state index in [9.17, 15) is 9.59 Å². The van der Waals surface area contributed by atoms with Gasteiger partial charge in [0, 0.05) is 5.56 Å². The van der Waals surface area contributed by atoms with Gasteiger partial charge in [-0.2, -0.15) is 0 Å². The van der Waals surface area contributed by atoms with Crippen LogP contribution in [-0.4, -0.2) is 17.1 Å². The second-order valence-corrected chi connectivity index (χ2v) is 4.07. The highest BCUT2D eigenvalue weighted by Gasteiger charge is 2.11. The van der Waals surface area contributed by atoms with Crippen LogP contribution in [0.25, 0.3) is 0 Å². The Morgan fingerprint density at radius 1 is 1.12 bits per heavy atom. The molecule has 0 spiro atoms. The number of H-pyrrole nitrogens is 1. The van der Waals surface area contributed by atoms with E-state index in [1.165, 1.54) is 0 Å². The molecular formula is C14H13NO2. The van der Waals surface area contributed by atoms with Crippen LogP contribution in [-0.2, 0) is 0 Å². The van der Waals surface area contributed by atoms with Gasteiger partial charge in [-0.05, 0) is 43.2 Å². The average Bonchev–Trinajstić information content (AvgIpc) is 2.80. The van der Waals surface area contributed by atoms with E-state index in [0.717, 1.165) is 11.1 Å². The molecule has 0 bridgehead atoms. The summed E-state index contributed by atoms with van der Waals surface area (Å²) in [6.07, 6.45) is 0.692. The number of nitrogens with one attached hydrogen (secondary N) is 1. The lowest BCUT2D eigenvalue weighted by molar-refractivity contribution is 0.103. The smallest absolute Gasteiger partial charge is 0.209 e. The van der Waals surface area contributed by atoms with E-state index in [1.54, 1.807) is 18.2 Å². The van der Waals surface area contributed by atoms with Gasteiger partial charge in [-0.25, -0.2) is 0 Å². The molecule has 1 aromatic heterocycles. The lowest BCUT2D eigenvalue weighted by Crippen LogP contribution is -2.02. The van der Waals surface area contributed by atoms with Crippen LogP contribution >= 0.6 is 0 Å². The summed E-state index contributed by atoms with van der Waals surface area (Å²) in [6, 6.07) is 8.81. The van der Waals surface area contributed by atoms with E-state index in [2.05, 4.69) is 4.98 Å². The fourth-order valence-corrected chi connectivity index (χ4v) is 1.65. The van der Waals surface area contributed by atoms with E-state index >= 15 is 0 Å². The Morgan fingerprint density at radius 2 is 1.88 bits per heavy atom. The number of ketones is 1. The highest BCUT2D eigenvalue weighted by Crippen LogP contribution is 2.14. The lowest BCUT2D eigenvalue weighted by atomic mass is 10.0. The fraction of sp³-hybridized carbons (Fsp3) is 0.143. The maximum atomic E-state index is 12.1. The molecule has 0 aliphatic heterocycles. The number of aryl methyl sites for hydroxylation is 2. The molecule has 0 saturated carbocycles. The number of aldehydes is 1. The second-order valence-electron chi connectivity index (χ2n) is 4.07. The Morgan fingerprint density at radius 3 is 2.47 bits per heavy atom. The number of hydrogen-bond acceptors (Lipinski definition) is 2. The number of rotatable bonds is 3.